The van der Waals surface area contributed by atoms with Crippen molar-refractivity contribution >= 4 is 34.5 Å². The number of hydrogen-bond donors (Lipinski definition) is 1. The molecule has 0 spiro atoms. The fourth-order valence-electron chi connectivity index (χ4n) is 2.44. The second-order valence-electron chi connectivity index (χ2n) is 5.90. The molecular weight excluding hydrogens is 384 g/mol. The van der Waals surface area contributed by atoms with E-state index >= 15 is 0 Å². The molecule has 0 aliphatic rings. The maximum atomic E-state index is 12.5. The maximum absolute atomic E-state index is 12.5. The Morgan fingerprint density at radius 2 is 1.85 bits per heavy atom. The molecule has 2 aromatic carbocycles. The molecule has 1 heterocycles. The van der Waals surface area contributed by atoms with E-state index in [1.54, 1.807) is 37.4 Å². The summed E-state index contributed by atoms with van der Waals surface area (Å²) < 4.78 is 10.9. The zero-order valence-corrected chi connectivity index (χ0v) is 16.8. The molecule has 140 valence electrons. The van der Waals surface area contributed by atoms with Crippen LogP contribution in [0.25, 0.3) is 0 Å². The van der Waals surface area contributed by atoms with E-state index in [4.69, 9.17) is 21.1 Å². The molecule has 27 heavy (non-hydrogen) atoms. The van der Waals surface area contributed by atoms with Crippen molar-refractivity contribution in [3.05, 3.63) is 68.6 Å². The van der Waals surface area contributed by atoms with E-state index in [-0.39, 0.29) is 5.91 Å². The third-order valence-corrected chi connectivity index (χ3v) is 5.44. The number of aromatic nitrogens is 1. The number of ether oxygens (including phenoxy) is 2. The Bertz CT molecular complexity index is 954. The molecule has 0 aliphatic carbocycles. The van der Waals surface area contributed by atoms with Crippen molar-refractivity contribution in [2.24, 2.45) is 0 Å². The van der Waals surface area contributed by atoms with Gasteiger partial charge in [-0.2, -0.15) is 0 Å². The highest BCUT2D eigenvalue weighted by Crippen LogP contribution is 2.24. The Morgan fingerprint density at radius 1 is 1.15 bits per heavy atom. The lowest BCUT2D eigenvalue weighted by Crippen LogP contribution is -2.11. The van der Waals surface area contributed by atoms with Crippen molar-refractivity contribution in [1.82, 2.24) is 4.98 Å². The first-order valence-corrected chi connectivity index (χ1v) is 9.46. The fraction of sp³-hybridized carbons (Fsp3) is 0.200. The SMILES string of the molecule is COc1ccc(NC(=O)c2sc(COc3ccc(Cl)c(C)c3)nc2C)cc1. The van der Waals surface area contributed by atoms with E-state index in [1.165, 1.54) is 11.3 Å². The summed E-state index contributed by atoms with van der Waals surface area (Å²) >= 11 is 7.35. The van der Waals surface area contributed by atoms with Gasteiger partial charge in [-0.3, -0.25) is 4.79 Å². The maximum Gasteiger partial charge on any atom is 0.267 e. The van der Waals surface area contributed by atoms with E-state index in [2.05, 4.69) is 10.3 Å². The van der Waals surface area contributed by atoms with Gasteiger partial charge in [0, 0.05) is 10.7 Å². The normalized spacial score (nSPS) is 10.5. The minimum atomic E-state index is -0.191. The monoisotopic (exact) mass is 402 g/mol. The molecule has 3 rings (SSSR count). The number of nitrogens with zero attached hydrogens (tertiary/aromatic N) is 1. The summed E-state index contributed by atoms with van der Waals surface area (Å²) in [5, 5.41) is 4.31. The van der Waals surface area contributed by atoms with Crippen LogP contribution in [0.15, 0.2) is 42.5 Å². The van der Waals surface area contributed by atoms with Crippen LogP contribution in [0.1, 0.15) is 25.9 Å². The predicted octanol–water partition coefficient (Wildman–Crippen LogP) is 5.25. The first-order valence-electron chi connectivity index (χ1n) is 8.27. The second kappa shape index (κ2) is 8.41. The van der Waals surface area contributed by atoms with Crippen molar-refractivity contribution in [3.63, 3.8) is 0 Å². The topological polar surface area (TPSA) is 60.5 Å². The molecule has 0 atom stereocenters. The number of halogens is 1. The van der Waals surface area contributed by atoms with Gasteiger partial charge in [0.2, 0.25) is 0 Å². The average Bonchev–Trinajstić information content (AvgIpc) is 3.04. The number of benzene rings is 2. The number of aryl methyl sites for hydroxylation is 2. The third-order valence-electron chi connectivity index (χ3n) is 3.89. The van der Waals surface area contributed by atoms with E-state index < -0.39 is 0 Å². The number of amides is 1. The van der Waals surface area contributed by atoms with E-state index in [0.717, 1.165) is 16.3 Å². The number of hydrogen-bond acceptors (Lipinski definition) is 5. The van der Waals surface area contributed by atoms with Crippen molar-refractivity contribution in [2.75, 3.05) is 12.4 Å². The Kier molecular flexibility index (Phi) is 5.98. The van der Waals surface area contributed by atoms with Crippen LogP contribution < -0.4 is 14.8 Å². The van der Waals surface area contributed by atoms with Crippen LogP contribution in [0.5, 0.6) is 11.5 Å². The molecule has 3 aromatic rings. The number of anilines is 1. The van der Waals surface area contributed by atoms with Crippen LogP contribution in [0.4, 0.5) is 5.69 Å². The van der Waals surface area contributed by atoms with Crippen molar-refractivity contribution < 1.29 is 14.3 Å². The number of nitrogens with one attached hydrogen (secondary N) is 1. The van der Waals surface area contributed by atoms with Gasteiger partial charge in [-0.1, -0.05) is 11.6 Å². The van der Waals surface area contributed by atoms with E-state index in [0.29, 0.717) is 33.6 Å². The third kappa shape index (κ3) is 4.78. The molecular formula is C20H19ClN2O3S. The number of carbonyl (C=O) groups is 1. The van der Waals surface area contributed by atoms with Gasteiger partial charge in [-0.15, -0.1) is 11.3 Å². The van der Waals surface area contributed by atoms with Gasteiger partial charge in [-0.25, -0.2) is 4.98 Å². The van der Waals surface area contributed by atoms with Crippen LogP contribution in [0, 0.1) is 13.8 Å². The largest absolute Gasteiger partial charge is 0.497 e. The zero-order chi connectivity index (χ0) is 19.4. The summed E-state index contributed by atoms with van der Waals surface area (Å²) in [5.41, 5.74) is 2.32. The van der Waals surface area contributed by atoms with Crippen molar-refractivity contribution in [3.8, 4) is 11.5 Å². The first kappa shape index (κ1) is 19.2. The van der Waals surface area contributed by atoms with Crippen LogP contribution >= 0.6 is 22.9 Å². The highest BCUT2D eigenvalue weighted by atomic mass is 35.5. The highest BCUT2D eigenvalue weighted by Gasteiger charge is 2.16. The molecule has 7 heteroatoms. The Hall–Kier alpha value is -2.57. The molecule has 0 bridgehead atoms. The van der Waals surface area contributed by atoms with Gasteiger partial charge in [0.05, 0.1) is 12.8 Å². The number of rotatable bonds is 6. The van der Waals surface area contributed by atoms with E-state index in [1.807, 2.05) is 26.0 Å². The minimum absolute atomic E-state index is 0.191. The summed E-state index contributed by atoms with van der Waals surface area (Å²) in [6, 6.07) is 12.7. The van der Waals surface area contributed by atoms with Gasteiger partial charge in [0.25, 0.3) is 5.91 Å². The molecule has 0 unspecified atom stereocenters. The molecule has 0 radical (unpaired) electrons. The smallest absolute Gasteiger partial charge is 0.267 e. The lowest BCUT2D eigenvalue weighted by Gasteiger charge is -2.06. The lowest BCUT2D eigenvalue weighted by atomic mass is 10.2. The highest BCUT2D eigenvalue weighted by molar-refractivity contribution is 7.13. The Balaban J connectivity index is 1.65. The molecule has 0 saturated carbocycles. The minimum Gasteiger partial charge on any atom is -0.497 e. The van der Waals surface area contributed by atoms with Crippen LogP contribution in [-0.4, -0.2) is 18.0 Å². The summed E-state index contributed by atoms with van der Waals surface area (Å²) in [6.45, 7) is 4.03. The fourth-order valence-corrected chi connectivity index (χ4v) is 3.43. The number of thiazole rings is 1. The van der Waals surface area contributed by atoms with E-state index in [9.17, 15) is 4.79 Å². The molecule has 1 aromatic heterocycles. The first-order chi connectivity index (χ1) is 13.0. The summed E-state index contributed by atoms with van der Waals surface area (Å²) in [4.78, 5) is 17.5. The van der Waals surface area contributed by atoms with Gasteiger partial charge in [0.15, 0.2) is 0 Å². The Morgan fingerprint density at radius 3 is 2.52 bits per heavy atom. The quantitative estimate of drug-likeness (QED) is 0.611. The summed E-state index contributed by atoms with van der Waals surface area (Å²) in [7, 11) is 1.60. The van der Waals surface area contributed by atoms with Gasteiger partial charge >= 0.3 is 0 Å². The molecule has 1 amide bonds. The molecule has 0 fully saturated rings. The number of carbonyl (C=O) groups excluding carboxylic acids is 1. The predicted molar refractivity (Wildman–Crippen MR) is 108 cm³/mol. The number of methoxy groups -OCH3 is 1. The van der Waals surface area contributed by atoms with Gasteiger partial charge < -0.3 is 14.8 Å². The van der Waals surface area contributed by atoms with Crippen LogP contribution in [0.2, 0.25) is 5.02 Å². The molecule has 0 saturated heterocycles. The standard InChI is InChI=1S/C20H19ClN2O3S/c1-12-10-16(8-9-17(12)21)26-11-18-22-13(2)19(27-18)20(24)23-14-4-6-15(25-3)7-5-14/h4-10H,11H2,1-3H3,(H,23,24). The Labute approximate surface area is 166 Å². The molecule has 0 aliphatic heterocycles. The summed E-state index contributed by atoms with van der Waals surface area (Å²) in [5.74, 6) is 1.26. The molecule has 5 nitrogen and oxygen atoms in total. The zero-order valence-electron chi connectivity index (χ0n) is 15.2. The molecule has 1 N–H and O–H groups in total. The van der Waals surface area contributed by atoms with Crippen molar-refractivity contribution in [1.29, 1.82) is 0 Å². The van der Waals surface area contributed by atoms with Crippen LogP contribution in [-0.2, 0) is 6.61 Å². The van der Waals surface area contributed by atoms with Gasteiger partial charge in [-0.05, 0) is 61.9 Å². The van der Waals surface area contributed by atoms with Crippen LogP contribution in [0.3, 0.4) is 0 Å². The second-order valence-corrected chi connectivity index (χ2v) is 7.40. The van der Waals surface area contributed by atoms with Gasteiger partial charge in [0.1, 0.15) is 28.0 Å². The average molecular weight is 403 g/mol. The summed E-state index contributed by atoms with van der Waals surface area (Å²) in [6.07, 6.45) is 0. The lowest BCUT2D eigenvalue weighted by molar-refractivity contribution is 0.103. The van der Waals surface area contributed by atoms with Crippen molar-refractivity contribution in [2.45, 2.75) is 20.5 Å².